The number of benzene rings is 1. The fraction of sp³-hybridized carbons (Fsp3) is 0.565. The second-order valence-corrected chi connectivity index (χ2v) is 11.0. The number of sulfone groups is 1. The molecule has 1 fully saturated rings. The highest BCUT2D eigenvalue weighted by atomic mass is 32.2. The summed E-state index contributed by atoms with van der Waals surface area (Å²) in [4.78, 5) is 8.44. The monoisotopic (exact) mass is 511 g/mol. The van der Waals surface area contributed by atoms with Crippen molar-refractivity contribution in [1.82, 2.24) is 24.7 Å². The quantitative estimate of drug-likeness (QED) is 0.461. The van der Waals surface area contributed by atoms with Crippen LogP contribution >= 0.6 is 12.2 Å². The number of rotatable bonds is 11. The van der Waals surface area contributed by atoms with Crippen LogP contribution in [0.4, 0.5) is 4.39 Å². The van der Waals surface area contributed by atoms with Crippen molar-refractivity contribution in [2.24, 2.45) is 0 Å². The molecule has 1 aromatic heterocycles. The van der Waals surface area contributed by atoms with Crippen molar-refractivity contribution in [2.45, 2.75) is 49.9 Å². The van der Waals surface area contributed by atoms with Gasteiger partial charge in [0, 0.05) is 26.2 Å². The van der Waals surface area contributed by atoms with E-state index in [-0.39, 0.29) is 17.0 Å². The fourth-order valence-electron chi connectivity index (χ4n) is 3.85. The summed E-state index contributed by atoms with van der Waals surface area (Å²) < 4.78 is 47.6. The minimum atomic E-state index is -3.77. The molecule has 0 aliphatic carbocycles. The third-order valence-corrected chi connectivity index (χ3v) is 7.64. The van der Waals surface area contributed by atoms with Gasteiger partial charge in [-0.3, -0.25) is 0 Å². The molecule has 188 valence electrons. The largest absolute Gasteiger partial charge is 0.376 e. The van der Waals surface area contributed by atoms with Gasteiger partial charge < -0.3 is 24.4 Å². The minimum Gasteiger partial charge on any atom is -0.376 e. The summed E-state index contributed by atoms with van der Waals surface area (Å²) in [5.41, 5.74) is 1.27. The smallest absolute Gasteiger partial charge is 0.228 e. The molecule has 1 atom stereocenters. The van der Waals surface area contributed by atoms with Gasteiger partial charge in [0.2, 0.25) is 15.0 Å². The average molecular weight is 512 g/mol. The Balaban J connectivity index is 1.91. The molecular formula is C23H34FN5O3S2. The lowest BCUT2D eigenvalue weighted by Gasteiger charge is -2.28. The molecule has 3 rings (SSSR count). The summed E-state index contributed by atoms with van der Waals surface area (Å²) in [6.07, 6.45) is 3.37. The Kier molecular flexibility index (Phi) is 9.40. The van der Waals surface area contributed by atoms with E-state index in [2.05, 4.69) is 15.2 Å². The van der Waals surface area contributed by atoms with Crippen molar-refractivity contribution in [3.63, 3.8) is 0 Å². The second-order valence-electron chi connectivity index (χ2n) is 8.72. The van der Waals surface area contributed by atoms with Crippen LogP contribution in [0.15, 0.2) is 35.6 Å². The average Bonchev–Trinajstić information content (AvgIpc) is 3.43. The van der Waals surface area contributed by atoms with Crippen LogP contribution in [-0.4, -0.2) is 79.3 Å². The van der Waals surface area contributed by atoms with Gasteiger partial charge in [0.15, 0.2) is 5.11 Å². The van der Waals surface area contributed by atoms with Crippen molar-refractivity contribution >= 4 is 27.2 Å². The van der Waals surface area contributed by atoms with Crippen molar-refractivity contribution < 1.29 is 17.5 Å². The van der Waals surface area contributed by atoms with Crippen molar-refractivity contribution in [1.29, 1.82) is 0 Å². The van der Waals surface area contributed by atoms with E-state index in [4.69, 9.17) is 17.0 Å². The van der Waals surface area contributed by atoms with Crippen LogP contribution in [0.2, 0.25) is 0 Å². The van der Waals surface area contributed by atoms with E-state index < -0.39 is 15.7 Å². The van der Waals surface area contributed by atoms with E-state index in [0.717, 1.165) is 25.1 Å². The predicted octanol–water partition coefficient (Wildman–Crippen LogP) is 2.43. The van der Waals surface area contributed by atoms with Gasteiger partial charge in [0.25, 0.3) is 0 Å². The van der Waals surface area contributed by atoms with Gasteiger partial charge in [-0.05, 0) is 63.8 Å². The lowest BCUT2D eigenvalue weighted by Crippen LogP contribution is -2.42. The van der Waals surface area contributed by atoms with Gasteiger partial charge in [-0.15, -0.1) is 0 Å². The van der Waals surface area contributed by atoms with Crippen LogP contribution in [0.1, 0.15) is 31.0 Å². The van der Waals surface area contributed by atoms with Crippen LogP contribution in [0.3, 0.4) is 0 Å². The maximum atomic E-state index is 13.4. The van der Waals surface area contributed by atoms with Crippen molar-refractivity contribution in [3.8, 4) is 0 Å². The Morgan fingerprint density at radius 2 is 2.03 bits per heavy atom. The molecule has 2 heterocycles. The number of ether oxygens (including phenoxy) is 1. The molecular weight excluding hydrogens is 477 g/mol. The standard InChI is InChI=1S/C23H34FN5O3S2/c1-4-25-22(33)28(12-11-27(2)3)15-20-14-26-23(29(20)16-21-6-5-13-32-21)34(30,31)17-18-7-9-19(24)10-8-18/h7-10,14,21H,4-6,11-13,15-17H2,1-3H3,(H,25,33). The van der Waals surface area contributed by atoms with E-state index in [1.54, 1.807) is 10.8 Å². The van der Waals surface area contributed by atoms with Gasteiger partial charge in [-0.2, -0.15) is 0 Å². The minimum absolute atomic E-state index is 0.00394. The summed E-state index contributed by atoms with van der Waals surface area (Å²) in [6, 6.07) is 5.50. The lowest BCUT2D eigenvalue weighted by molar-refractivity contribution is 0.0936. The molecule has 0 spiro atoms. The highest BCUT2D eigenvalue weighted by Gasteiger charge is 2.28. The molecule has 1 aliphatic rings. The normalized spacial score (nSPS) is 16.2. The van der Waals surface area contributed by atoms with E-state index in [1.807, 2.05) is 25.9 Å². The van der Waals surface area contributed by atoms with Crippen LogP contribution in [0, 0.1) is 5.82 Å². The molecule has 8 nitrogen and oxygen atoms in total. The second kappa shape index (κ2) is 12.1. The lowest BCUT2D eigenvalue weighted by atomic mass is 10.2. The van der Waals surface area contributed by atoms with Crippen LogP contribution in [-0.2, 0) is 33.4 Å². The SMILES string of the molecule is CCNC(=S)N(CCN(C)C)Cc1cnc(S(=O)(=O)Cc2ccc(F)cc2)n1CC1CCCO1. The first-order chi connectivity index (χ1) is 16.2. The number of hydrogen-bond acceptors (Lipinski definition) is 6. The van der Waals surface area contributed by atoms with Crippen LogP contribution < -0.4 is 5.32 Å². The van der Waals surface area contributed by atoms with E-state index in [1.165, 1.54) is 24.3 Å². The molecule has 1 saturated heterocycles. The van der Waals surface area contributed by atoms with Crippen LogP contribution in [0.25, 0.3) is 0 Å². The number of hydrogen-bond donors (Lipinski definition) is 1. The third-order valence-electron chi connectivity index (χ3n) is 5.65. The molecule has 11 heteroatoms. The highest BCUT2D eigenvalue weighted by Crippen LogP contribution is 2.22. The van der Waals surface area contributed by atoms with Gasteiger partial charge in [0.05, 0.1) is 36.8 Å². The molecule has 1 aromatic carbocycles. The molecule has 1 unspecified atom stereocenters. The number of likely N-dealkylation sites (N-methyl/N-ethyl adjacent to an activating group) is 1. The van der Waals surface area contributed by atoms with Gasteiger partial charge in [-0.1, -0.05) is 12.1 Å². The van der Waals surface area contributed by atoms with E-state index in [0.29, 0.717) is 43.5 Å². The van der Waals surface area contributed by atoms with Crippen LogP contribution in [0.5, 0.6) is 0 Å². The highest BCUT2D eigenvalue weighted by molar-refractivity contribution is 7.90. The van der Waals surface area contributed by atoms with E-state index in [9.17, 15) is 12.8 Å². The summed E-state index contributed by atoms with van der Waals surface area (Å²) in [7, 11) is 0.222. The van der Waals surface area contributed by atoms with Crippen molar-refractivity contribution in [3.05, 3.63) is 47.5 Å². The first-order valence-corrected chi connectivity index (χ1v) is 13.6. The first kappa shape index (κ1) is 26.5. The van der Waals surface area contributed by atoms with E-state index >= 15 is 0 Å². The molecule has 0 amide bonds. The zero-order chi connectivity index (χ0) is 24.7. The topological polar surface area (TPSA) is 79.7 Å². The number of halogens is 1. The summed E-state index contributed by atoms with van der Waals surface area (Å²) >= 11 is 5.58. The zero-order valence-electron chi connectivity index (χ0n) is 20.0. The zero-order valence-corrected chi connectivity index (χ0v) is 21.7. The molecule has 2 aromatic rings. The fourth-order valence-corrected chi connectivity index (χ4v) is 5.65. The predicted molar refractivity (Wildman–Crippen MR) is 134 cm³/mol. The molecule has 0 saturated carbocycles. The van der Waals surface area contributed by atoms with Gasteiger partial charge in [-0.25, -0.2) is 17.8 Å². The number of imidazole rings is 1. The Morgan fingerprint density at radius 3 is 2.65 bits per heavy atom. The number of aromatic nitrogens is 2. The first-order valence-electron chi connectivity index (χ1n) is 11.5. The molecule has 1 aliphatic heterocycles. The molecule has 0 bridgehead atoms. The molecule has 34 heavy (non-hydrogen) atoms. The Labute approximate surface area is 207 Å². The Hall–Kier alpha value is -2.08. The summed E-state index contributed by atoms with van der Waals surface area (Å²) in [6.45, 7) is 5.66. The number of nitrogens with one attached hydrogen (secondary N) is 1. The van der Waals surface area contributed by atoms with Gasteiger partial charge in [0.1, 0.15) is 5.82 Å². The summed E-state index contributed by atoms with van der Waals surface area (Å²) in [5.74, 6) is -0.659. The Bertz CT molecular complexity index is 1050. The maximum Gasteiger partial charge on any atom is 0.228 e. The van der Waals surface area contributed by atoms with Gasteiger partial charge >= 0.3 is 0 Å². The molecule has 1 N–H and O–H groups in total. The summed E-state index contributed by atoms with van der Waals surface area (Å²) in [5, 5.41) is 3.81. The third kappa shape index (κ3) is 7.21. The molecule has 0 radical (unpaired) electrons. The Morgan fingerprint density at radius 1 is 1.29 bits per heavy atom. The maximum absolute atomic E-state index is 13.4. The van der Waals surface area contributed by atoms with Crippen molar-refractivity contribution in [2.75, 3.05) is 40.3 Å². The number of nitrogens with zero attached hydrogens (tertiary/aromatic N) is 4. The number of thiocarbonyl (C=S) groups is 1.